The molecule has 1 aromatic heterocycles. The van der Waals surface area contributed by atoms with Gasteiger partial charge in [-0.05, 0) is 43.9 Å². The minimum Gasteiger partial charge on any atom is -0.490 e. The van der Waals surface area contributed by atoms with E-state index in [1.54, 1.807) is 6.20 Å². The molecular formula is C22H27ClN4O2. The number of halogens is 1. The van der Waals surface area contributed by atoms with Crippen LogP contribution in [0.5, 0.6) is 5.75 Å². The summed E-state index contributed by atoms with van der Waals surface area (Å²) >= 11 is 6.27. The molecule has 3 heterocycles. The van der Waals surface area contributed by atoms with E-state index in [9.17, 15) is 4.79 Å². The predicted molar refractivity (Wildman–Crippen MR) is 114 cm³/mol. The molecule has 0 spiro atoms. The number of piperidine rings is 1. The number of likely N-dealkylation sites (tertiary alicyclic amines) is 1. The van der Waals surface area contributed by atoms with Crippen LogP contribution in [-0.4, -0.2) is 53.1 Å². The van der Waals surface area contributed by atoms with Crippen LogP contribution >= 0.6 is 11.6 Å². The fourth-order valence-electron chi connectivity index (χ4n) is 3.92. The van der Waals surface area contributed by atoms with Crippen molar-refractivity contribution in [2.75, 3.05) is 31.1 Å². The zero-order valence-corrected chi connectivity index (χ0v) is 17.8. The standard InChI is InChI=1S/C22H27ClN4O2/c1-15-5-6-16(2)19(13-15)29-17-7-11-26(12-8-17)21(28)20-18(23)14-24-22(25-20)27-9-3-4-10-27/h5-6,13-14,17H,3-4,7-12H2,1-2H3. The highest BCUT2D eigenvalue weighted by atomic mass is 35.5. The largest absolute Gasteiger partial charge is 0.490 e. The molecule has 0 atom stereocenters. The molecule has 29 heavy (non-hydrogen) atoms. The normalized spacial score (nSPS) is 17.6. The molecule has 0 radical (unpaired) electrons. The molecule has 2 fully saturated rings. The van der Waals surface area contributed by atoms with Gasteiger partial charge in [-0.2, -0.15) is 0 Å². The Morgan fingerprint density at radius 3 is 2.59 bits per heavy atom. The topological polar surface area (TPSA) is 58.6 Å². The summed E-state index contributed by atoms with van der Waals surface area (Å²) in [5.41, 5.74) is 2.62. The van der Waals surface area contributed by atoms with E-state index in [0.717, 1.165) is 50.1 Å². The van der Waals surface area contributed by atoms with Gasteiger partial charge in [0.2, 0.25) is 5.95 Å². The third kappa shape index (κ3) is 4.47. The van der Waals surface area contributed by atoms with Gasteiger partial charge in [-0.1, -0.05) is 23.7 Å². The first-order chi connectivity index (χ1) is 14.0. The van der Waals surface area contributed by atoms with Crippen LogP contribution < -0.4 is 9.64 Å². The molecule has 2 aromatic rings. The number of hydrogen-bond acceptors (Lipinski definition) is 5. The highest BCUT2D eigenvalue weighted by molar-refractivity contribution is 6.33. The SMILES string of the molecule is Cc1ccc(C)c(OC2CCN(C(=O)c3nc(N4CCCC4)ncc3Cl)CC2)c1. The fourth-order valence-corrected chi connectivity index (χ4v) is 4.09. The minimum absolute atomic E-state index is 0.112. The summed E-state index contributed by atoms with van der Waals surface area (Å²) in [5.74, 6) is 1.41. The number of anilines is 1. The molecule has 2 aliphatic rings. The third-order valence-electron chi connectivity index (χ3n) is 5.69. The highest BCUT2D eigenvalue weighted by Crippen LogP contribution is 2.26. The summed E-state index contributed by atoms with van der Waals surface area (Å²) in [4.78, 5) is 25.8. The number of aryl methyl sites for hydroxylation is 2. The summed E-state index contributed by atoms with van der Waals surface area (Å²) in [5, 5.41) is 0.312. The Bertz CT molecular complexity index is 890. The summed E-state index contributed by atoms with van der Waals surface area (Å²) < 4.78 is 6.21. The van der Waals surface area contributed by atoms with E-state index in [1.165, 1.54) is 5.56 Å². The Morgan fingerprint density at radius 2 is 1.86 bits per heavy atom. The van der Waals surface area contributed by atoms with Gasteiger partial charge in [0, 0.05) is 39.0 Å². The van der Waals surface area contributed by atoms with Gasteiger partial charge in [-0.15, -0.1) is 0 Å². The molecule has 2 aliphatic heterocycles. The molecule has 1 amide bonds. The van der Waals surface area contributed by atoms with Crippen LogP contribution in [0.15, 0.2) is 24.4 Å². The second-order valence-corrected chi connectivity index (χ2v) is 8.35. The zero-order chi connectivity index (χ0) is 20.4. The highest BCUT2D eigenvalue weighted by Gasteiger charge is 2.28. The van der Waals surface area contributed by atoms with Crippen molar-refractivity contribution < 1.29 is 9.53 Å². The van der Waals surface area contributed by atoms with Crippen LogP contribution in [0.2, 0.25) is 5.02 Å². The van der Waals surface area contributed by atoms with Gasteiger partial charge in [0.1, 0.15) is 11.9 Å². The molecule has 1 aromatic carbocycles. The van der Waals surface area contributed by atoms with Crippen molar-refractivity contribution in [1.29, 1.82) is 0 Å². The molecule has 2 saturated heterocycles. The number of aromatic nitrogens is 2. The molecule has 0 aliphatic carbocycles. The molecule has 4 rings (SSSR count). The van der Waals surface area contributed by atoms with Crippen molar-refractivity contribution in [2.24, 2.45) is 0 Å². The van der Waals surface area contributed by atoms with Crippen LogP contribution in [0.25, 0.3) is 0 Å². The second-order valence-electron chi connectivity index (χ2n) is 7.94. The summed E-state index contributed by atoms with van der Waals surface area (Å²) in [6, 6.07) is 6.25. The molecule has 7 heteroatoms. The number of hydrogen-bond donors (Lipinski definition) is 0. The van der Waals surface area contributed by atoms with Crippen LogP contribution in [0.1, 0.15) is 47.3 Å². The van der Waals surface area contributed by atoms with Crippen LogP contribution in [-0.2, 0) is 0 Å². The molecule has 154 valence electrons. The van der Waals surface area contributed by atoms with Gasteiger partial charge >= 0.3 is 0 Å². The Labute approximate surface area is 176 Å². The molecule has 0 bridgehead atoms. The average molecular weight is 415 g/mol. The fraction of sp³-hybridized carbons (Fsp3) is 0.500. The smallest absolute Gasteiger partial charge is 0.274 e. The number of carbonyl (C=O) groups excluding carboxylic acids is 1. The second kappa shape index (κ2) is 8.57. The molecule has 6 nitrogen and oxygen atoms in total. The maximum absolute atomic E-state index is 13.0. The molecular weight excluding hydrogens is 388 g/mol. The number of amides is 1. The van der Waals surface area contributed by atoms with Crippen molar-refractivity contribution in [3.05, 3.63) is 46.2 Å². The van der Waals surface area contributed by atoms with Gasteiger partial charge < -0.3 is 14.5 Å². The molecule has 0 unspecified atom stereocenters. The first kappa shape index (κ1) is 20.0. The lowest BCUT2D eigenvalue weighted by Gasteiger charge is -2.32. The third-order valence-corrected chi connectivity index (χ3v) is 5.97. The quantitative estimate of drug-likeness (QED) is 0.755. The van der Waals surface area contributed by atoms with Gasteiger partial charge in [0.05, 0.1) is 11.2 Å². The van der Waals surface area contributed by atoms with Crippen molar-refractivity contribution in [1.82, 2.24) is 14.9 Å². The van der Waals surface area contributed by atoms with Crippen LogP contribution in [0.4, 0.5) is 5.95 Å². The monoisotopic (exact) mass is 414 g/mol. The zero-order valence-electron chi connectivity index (χ0n) is 17.0. The molecule has 0 N–H and O–H groups in total. The minimum atomic E-state index is -0.122. The van der Waals surface area contributed by atoms with Crippen LogP contribution in [0, 0.1) is 13.8 Å². The van der Waals surface area contributed by atoms with Crippen molar-refractivity contribution in [3.8, 4) is 5.75 Å². The van der Waals surface area contributed by atoms with E-state index in [2.05, 4.69) is 46.9 Å². The Balaban J connectivity index is 1.40. The Kier molecular flexibility index (Phi) is 5.90. The van der Waals surface area contributed by atoms with E-state index in [0.29, 0.717) is 29.8 Å². The van der Waals surface area contributed by atoms with E-state index < -0.39 is 0 Å². The average Bonchev–Trinajstić information content (AvgIpc) is 3.26. The Morgan fingerprint density at radius 1 is 1.14 bits per heavy atom. The summed E-state index contributed by atoms with van der Waals surface area (Å²) in [6.07, 6.45) is 5.50. The first-order valence-corrected chi connectivity index (χ1v) is 10.7. The maximum atomic E-state index is 13.0. The Hall–Kier alpha value is -2.34. The number of carbonyl (C=O) groups is 1. The first-order valence-electron chi connectivity index (χ1n) is 10.3. The number of benzene rings is 1. The van der Waals surface area contributed by atoms with Crippen molar-refractivity contribution in [3.63, 3.8) is 0 Å². The van der Waals surface area contributed by atoms with Crippen LogP contribution in [0.3, 0.4) is 0 Å². The summed E-state index contributed by atoms with van der Waals surface area (Å²) in [7, 11) is 0. The molecule has 0 saturated carbocycles. The van der Waals surface area contributed by atoms with E-state index in [-0.39, 0.29) is 12.0 Å². The maximum Gasteiger partial charge on any atom is 0.274 e. The van der Waals surface area contributed by atoms with Gasteiger partial charge in [0.25, 0.3) is 5.91 Å². The number of rotatable bonds is 4. The van der Waals surface area contributed by atoms with Crippen molar-refractivity contribution >= 4 is 23.5 Å². The lowest BCUT2D eigenvalue weighted by Crippen LogP contribution is -2.42. The lowest BCUT2D eigenvalue weighted by atomic mass is 10.1. The van der Waals surface area contributed by atoms with Gasteiger partial charge in [-0.25, -0.2) is 9.97 Å². The lowest BCUT2D eigenvalue weighted by molar-refractivity contribution is 0.0589. The number of nitrogens with zero attached hydrogens (tertiary/aromatic N) is 4. The van der Waals surface area contributed by atoms with E-state index in [4.69, 9.17) is 16.3 Å². The van der Waals surface area contributed by atoms with E-state index in [1.807, 2.05) is 4.90 Å². The van der Waals surface area contributed by atoms with Gasteiger partial charge in [-0.3, -0.25) is 4.79 Å². The van der Waals surface area contributed by atoms with E-state index >= 15 is 0 Å². The van der Waals surface area contributed by atoms with Gasteiger partial charge in [0.15, 0.2) is 5.69 Å². The number of ether oxygens (including phenoxy) is 1. The van der Waals surface area contributed by atoms with Crippen molar-refractivity contribution in [2.45, 2.75) is 45.6 Å². The predicted octanol–water partition coefficient (Wildman–Crippen LogP) is 4.03. The summed E-state index contributed by atoms with van der Waals surface area (Å²) in [6.45, 7) is 7.24.